The Morgan fingerprint density at radius 3 is 2.52 bits per heavy atom. The molecule has 2 aromatic carbocycles. The number of anilines is 1. The maximum Gasteiger partial charge on any atom is 0.255 e. The largest absolute Gasteiger partial charge is 0.322 e. The SMILES string of the molecule is O=C(Nc1cccc(I)c1)c1ccc(Cl)c(S(=O)(=O)N2CCCC2)c1. The molecule has 2 aromatic rings. The zero-order chi connectivity index (χ0) is 18.0. The fraction of sp³-hybridized carbons (Fsp3) is 0.235. The summed E-state index contributed by atoms with van der Waals surface area (Å²) in [5.41, 5.74) is 0.900. The van der Waals surface area contributed by atoms with Crippen molar-refractivity contribution in [1.29, 1.82) is 0 Å². The van der Waals surface area contributed by atoms with Crippen LogP contribution in [0.2, 0.25) is 5.02 Å². The average molecular weight is 491 g/mol. The Hall–Kier alpha value is -1.16. The number of carbonyl (C=O) groups excluding carboxylic acids is 1. The van der Waals surface area contributed by atoms with Crippen molar-refractivity contribution in [3.8, 4) is 0 Å². The van der Waals surface area contributed by atoms with Crippen molar-refractivity contribution in [2.24, 2.45) is 0 Å². The minimum absolute atomic E-state index is 0.0219. The summed E-state index contributed by atoms with van der Waals surface area (Å²) in [4.78, 5) is 12.5. The van der Waals surface area contributed by atoms with Crippen molar-refractivity contribution in [2.45, 2.75) is 17.7 Å². The molecule has 1 heterocycles. The van der Waals surface area contributed by atoms with E-state index >= 15 is 0 Å². The average Bonchev–Trinajstić information content (AvgIpc) is 3.10. The summed E-state index contributed by atoms with van der Waals surface area (Å²) >= 11 is 8.26. The number of sulfonamides is 1. The Bertz CT molecular complexity index is 912. The molecule has 0 saturated carbocycles. The Morgan fingerprint density at radius 2 is 1.84 bits per heavy atom. The van der Waals surface area contributed by atoms with Crippen LogP contribution in [0.1, 0.15) is 23.2 Å². The van der Waals surface area contributed by atoms with E-state index in [1.807, 2.05) is 18.2 Å². The molecule has 25 heavy (non-hydrogen) atoms. The first-order chi connectivity index (χ1) is 11.9. The van der Waals surface area contributed by atoms with E-state index in [1.165, 1.54) is 22.5 Å². The van der Waals surface area contributed by atoms with E-state index in [0.717, 1.165) is 16.4 Å². The zero-order valence-electron chi connectivity index (χ0n) is 13.2. The highest BCUT2D eigenvalue weighted by atomic mass is 127. The molecule has 1 aliphatic rings. The first-order valence-electron chi connectivity index (χ1n) is 7.74. The summed E-state index contributed by atoms with van der Waals surface area (Å²) < 4.78 is 27.9. The van der Waals surface area contributed by atoms with E-state index in [2.05, 4.69) is 27.9 Å². The van der Waals surface area contributed by atoms with E-state index in [-0.39, 0.29) is 21.4 Å². The van der Waals surface area contributed by atoms with Crippen LogP contribution in [-0.4, -0.2) is 31.7 Å². The van der Waals surface area contributed by atoms with Gasteiger partial charge in [-0.1, -0.05) is 17.7 Å². The zero-order valence-corrected chi connectivity index (χ0v) is 16.9. The number of nitrogens with zero attached hydrogens (tertiary/aromatic N) is 1. The quantitative estimate of drug-likeness (QED) is 0.659. The molecule has 0 aromatic heterocycles. The minimum atomic E-state index is -3.68. The number of carbonyl (C=O) groups is 1. The summed E-state index contributed by atoms with van der Waals surface area (Å²) in [6, 6.07) is 11.7. The van der Waals surface area contributed by atoms with Crippen LogP contribution in [0.3, 0.4) is 0 Å². The molecule has 3 rings (SSSR count). The van der Waals surface area contributed by atoms with E-state index in [4.69, 9.17) is 11.6 Å². The number of hydrogen-bond acceptors (Lipinski definition) is 3. The van der Waals surface area contributed by atoms with Gasteiger partial charge in [0.2, 0.25) is 10.0 Å². The molecule has 0 bridgehead atoms. The van der Waals surface area contributed by atoms with Gasteiger partial charge in [-0.3, -0.25) is 4.79 Å². The molecule has 0 spiro atoms. The number of amides is 1. The molecule has 132 valence electrons. The number of halogens is 2. The highest BCUT2D eigenvalue weighted by Gasteiger charge is 2.29. The molecule has 1 saturated heterocycles. The Labute approximate surface area is 165 Å². The third-order valence-electron chi connectivity index (χ3n) is 3.96. The van der Waals surface area contributed by atoms with E-state index in [1.54, 1.807) is 6.07 Å². The minimum Gasteiger partial charge on any atom is -0.322 e. The summed E-state index contributed by atoms with van der Waals surface area (Å²) in [5, 5.41) is 2.89. The lowest BCUT2D eigenvalue weighted by molar-refractivity contribution is 0.102. The number of nitrogens with one attached hydrogen (secondary N) is 1. The van der Waals surface area contributed by atoms with E-state index < -0.39 is 10.0 Å². The van der Waals surface area contributed by atoms with Crippen LogP contribution in [0, 0.1) is 3.57 Å². The molecule has 0 unspecified atom stereocenters. The molecule has 0 aliphatic carbocycles. The summed E-state index contributed by atoms with van der Waals surface area (Å²) in [6.45, 7) is 0.967. The number of hydrogen-bond donors (Lipinski definition) is 1. The third-order valence-corrected chi connectivity index (χ3v) is 7.01. The van der Waals surface area contributed by atoms with Crippen molar-refractivity contribution in [2.75, 3.05) is 18.4 Å². The van der Waals surface area contributed by atoms with Crippen LogP contribution in [-0.2, 0) is 10.0 Å². The molecule has 0 atom stereocenters. The Morgan fingerprint density at radius 1 is 1.12 bits per heavy atom. The van der Waals surface area contributed by atoms with Crippen LogP contribution in [0.25, 0.3) is 0 Å². The summed E-state index contributed by atoms with van der Waals surface area (Å²) in [7, 11) is -3.68. The fourth-order valence-electron chi connectivity index (χ4n) is 2.68. The number of benzene rings is 2. The van der Waals surface area contributed by atoms with Gasteiger partial charge in [0, 0.05) is 27.9 Å². The molecular weight excluding hydrogens is 475 g/mol. The molecule has 0 radical (unpaired) electrons. The lowest BCUT2D eigenvalue weighted by Crippen LogP contribution is -2.28. The predicted octanol–water partition coefficient (Wildman–Crippen LogP) is 3.98. The van der Waals surface area contributed by atoms with Crippen molar-refractivity contribution >= 4 is 55.8 Å². The number of rotatable bonds is 4. The summed E-state index contributed by atoms with van der Waals surface area (Å²) in [5.74, 6) is -0.378. The Kier molecular flexibility index (Phi) is 5.67. The van der Waals surface area contributed by atoms with Crippen LogP contribution < -0.4 is 5.32 Å². The topological polar surface area (TPSA) is 66.5 Å². The second kappa shape index (κ2) is 7.61. The first-order valence-corrected chi connectivity index (χ1v) is 10.6. The van der Waals surface area contributed by atoms with Gasteiger partial charge >= 0.3 is 0 Å². The smallest absolute Gasteiger partial charge is 0.255 e. The third kappa shape index (κ3) is 4.16. The lowest BCUT2D eigenvalue weighted by atomic mass is 10.2. The van der Waals surface area contributed by atoms with Gasteiger partial charge in [0.15, 0.2) is 0 Å². The monoisotopic (exact) mass is 490 g/mol. The van der Waals surface area contributed by atoms with Crippen LogP contribution in [0.5, 0.6) is 0 Å². The molecule has 1 amide bonds. The van der Waals surface area contributed by atoms with E-state index in [9.17, 15) is 13.2 Å². The first kappa shape index (κ1) is 18.6. The van der Waals surface area contributed by atoms with Gasteiger partial charge in [-0.25, -0.2) is 8.42 Å². The molecule has 8 heteroatoms. The van der Waals surface area contributed by atoms with Crippen molar-refractivity contribution < 1.29 is 13.2 Å². The van der Waals surface area contributed by atoms with Crippen molar-refractivity contribution in [3.05, 3.63) is 56.6 Å². The molecule has 1 fully saturated rings. The van der Waals surface area contributed by atoms with Gasteiger partial charge in [-0.05, 0) is 71.8 Å². The van der Waals surface area contributed by atoms with Gasteiger partial charge in [0.25, 0.3) is 5.91 Å². The molecular formula is C17H16ClIN2O3S. The standard InChI is InChI=1S/C17H16ClIN2O3S/c18-15-7-6-12(17(22)20-14-5-3-4-13(19)11-14)10-16(15)25(23,24)21-8-1-2-9-21/h3-7,10-11H,1-2,8-9H2,(H,20,22). The molecule has 1 aliphatic heterocycles. The van der Waals surface area contributed by atoms with Crippen LogP contribution in [0.15, 0.2) is 47.4 Å². The highest BCUT2D eigenvalue weighted by molar-refractivity contribution is 14.1. The van der Waals surface area contributed by atoms with Crippen LogP contribution >= 0.6 is 34.2 Å². The lowest BCUT2D eigenvalue weighted by Gasteiger charge is -2.17. The van der Waals surface area contributed by atoms with Crippen molar-refractivity contribution in [3.63, 3.8) is 0 Å². The van der Waals surface area contributed by atoms with Gasteiger partial charge < -0.3 is 5.32 Å². The highest BCUT2D eigenvalue weighted by Crippen LogP contribution is 2.28. The second-order valence-electron chi connectivity index (χ2n) is 5.72. The predicted molar refractivity (Wildman–Crippen MR) is 107 cm³/mol. The van der Waals surface area contributed by atoms with Gasteiger partial charge in [0.1, 0.15) is 4.90 Å². The van der Waals surface area contributed by atoms with Crippen molar-refractivity contribution in [1.82, 2.24) is 4.31 Å². The summed E-state index contributed by atoms with van der Waals surface area (Å²) in [6.07, 6.45) is 1.67. The maximum absolute atomic E-state index is 12.7. The van der Waals surface area contributed by atoms with Gasteiger partial charge in [-0.15, -0.1) is 0 Å². The molecule has 5 nitrogen and oxygen atoms in total. The van der Waals surface area contributed by atoms with E-state index in [0.29, 0.717) is 18.8 Å². The Balaban J connectivity index is 1.89. The van der Waals surface area contributed by atoms with Gasteiger partial charge in [-0.2, -0.15) is 4.31 Å². The van der Waals surface area contributed by atoms with Crippen LogP contribution in [0.4, 0.5) is 5.69 Å². The maximum atomic E-state index is 12.7. The van der Waals surface area contributed by atoms with Gasteiger partial charge in [0.05, 0.1) is 5.02 Å². The molecule has 1 N–H and O–H groups in total. The fourth-order valence-corrected chi connectivity index (χ4v) is 5.24. The normalized spacial score (nSPS) is 15.3. The second-order valence-corrected chi connectivity index (χ2v) is 9.28.